The van der Waals surface area contributed by atoms with Gasteiger partial charge in [0.25, 0.3) is 5.91 Å². The number of carbonyl (C=O) groups excluding carboxylic acids is 2. The summed E-state index contributed by atoms with van der Waals surface area (Å²) in [7, 11) is 1.95. The third-order valence-electron chi connectivity index (χ3n) is 4.99. The highest BCUT2D eigenvalue weighted by Crippen LogP contribution is 2.27. The van der Waals surface area contributed by atoms with Gasteiger partial charge in [-0.1, -0.05) is 12.1 Å². The van der Waals surface area contributed by atoms with Crippen LogP contribution in [0.15, 0.2) is 29.2 Å². The van der Waals surface area contributed by atoms with Gasteiger partial charge in [-0.2, -0.15) is 0 Å². The number of nitrogens with one attached hydrogen (secondary N) is 1. The van der Waals surface area contributed by atoms with Crippen molar-refractivity contribution in [3.05, 3.63) is 29.8 Å². The molecule has 0 saturated carbocycles. The van der Waals surface area contributed by atoms with Crippen molar-refractivity contribution in [2.24, 2.45) is 5.92 Å². The van der Waals surface area contributed by atoms with Gasteiger partial charge in [-0.25, -0.2) is 0 Å². The largest absolute Gasteiger partial charge is 0.342 e. The van der Waals surface area contributed by atoms with Crippen molar-refractivity contribution in [3.63, 3.8) is 0 Å². The zero-order valence-corrected chi connectivity index (χ0v) is 16.9. The number of amides is 2. The summed E-state index contributed by atoms with van der Waals surface area (Å²) in [6, 6.07) is 7.68. The lowest BCUT2D eigenvalue weighted by atomic mass is 10.1. The molecule has 2 aliphatic heterocycles. The lowest BCUT2D eigenvalue weighted by Gasteiger charge is -2.19. The zero-order chi connectivity index (χ0) is 17.6. The van der Waals surface area contributed by atoms with E-state index in [1.165, 1.54) is 11.8 Å². The van der Waals surface area contributed by atoms with Crippen LogP contribution in [0, 0.1) is 5.92 Å². The van der Waals surface area contributed by atoms with Crippen LogP contribution in [-0.4, -0.2) is 67.1 Å². The van der Waals surface area contributed by atoms with Crippen molar-refractivity contribution in [1.82, 2.24) is 15.1 Å². The van der Waals surface area contributed by atoms with E-state index in [-0.39, 0.29) is 24.2 Å². The molecule has 1 aromatic carbocycles. The van der Waals surface area contributed by atoms with Gasteiger partial charge in [0.1, 0.15) is 0 Å². The number of benzene rings is 1. The Balaban J connectivity index is 0.00000243. The first-order valence-corrected chi connectivity index (χ1v) is 10.1. The Labute approximate surface area is 166 Å². The van der Waals surface area contributed by atoms with E-state index in [4.69, 9.17) is 0 Å². The molecule has 0 aromatic heterocycles. The van der Waals surface area contributed by atoms with E-state index in [9.17, 15) is 9.59 Å². The molecule has 0 radical (unpaired) electrons. The second kappa shape index (κ2) is 10.2. The molecule has 5 nitrogen and oxygen atoms in total. The van der Waals surface area contributed by atoms with Crippen LogP contribution in [-0.2, 0) is 4.79 Å². The molecule has 2 saturated heterocycles. The first kappa shape index (κ1) is 21.1. The van der Waals surface area contributed by atoms with Crippen LogP contribution < -0.4 is 5.32 Å². The predicted molar refractivity (Wildman–Crippen MR) is 108 cm³/mol. The van der Waals surface area contributed by atoms with E-state index < -0.39 is 0 Å². The molecule has 2 fully saturated rings. The molecule has 26 heavy (non-hydrogen) atoms. The lowest BCUT2D eigenvalue weighted by Crippen LogP contribution is -2.31. The maximum atomic E-state index is 12.9. The van der Waals surface area contributed by atoms with Crippen LogP contribution in [0.3, 0.4) is 0 Å². The van der Waals surface area contributed by atoms with Crippen molar-refractivity contribution in [3.8, 4) is 0 Å². The maximum absolute atomic E-state index is 12.9. The second-order valence-corrected chi connectivity index (χ2v) is 7.85. The fraction of sp³-hybridized carbons (Fsp3) is 0.579. The topological polar surface area (TPSA) is 52.7 Å². The van der Waals surface area contributed by atoms with E-state index in [0.29, 0.717) is 11.7 Å². The molecule has 1 atom stereocenters. The van der Waals surface area contributed by atoms with E-state index in [0.717, 1.165) is 62.4 Å². The molecule has 3 rings (SSSR count). The number of likely N-dealkylation sites (tertiary alicyclic amines) is 2. The van der Waals surface area contributed by atoms with E-state index in [2.05, 4.69) is 5.32 Å². The van der Waals surface area contributed by atoms with Crippen molar-refractivity contribution in [1.29, 1.82) is 0 Å². The fourth-order valence-corrected chi connectivity index (χ4v) is 4.56. The third kappa shape index (κ3) is 5.15. The highest BCUT2D eigenvalue weighted by Gasteiger charge is 2.28. The minimum absolute atomic E-state index is 0. The summed E-state index contributed by atoms with van der Waals surface area (Å²) >= 11 is 1.49. The Morgan fingerprint density at radius 2 is 1.88 bits per heavy atom. The fourth-order valence-electron chi connectivity index (χ4n) is 3.61. The summed E-state index contributed by atoms with van der Waals surface area (Å²) in [5.74, 6) is 1.22. The molecule has 7 heteroatoms. The molecular formula is C19H28ClN3O2S. The average molecular weight is 398 g/mol. The predicted octanol–water partition coefficient (Wildman–Crippen LogP) is 2.50. The van der Waals surface area contributed by atoms with Crippen LogP contribution >= 0.6 is 24.2 Å². The van der Waals surface area contributed by atoms with Gasteiger partial charge in [-0.05, 0) is 50.9 Å². The number of hydrogen-bond acceptors (Lipinski definition) is 4. The summed E-state index contributed by atoms with van der Waals surface area (Å²) in [5, 5.41) is 3.20. The minimum Gasteiger partial charge on any atom is -0.342 e. The first-order chi connectivity index (χ1) is 12.2. The molecule has 1 aromatic rings. The smallest absolute Gasteiger partial charge is 0.254 e. The van der Waals surface area contributed by atoms with Gasteiger partial charge in [0.05, 0.1) is 11.3 Å². The molecule has 0 bridgehead atoms. The summed E-state index contributed by atoms with van der Waals surface area (Å²) < 4.78 is 0. The minimum atomic E-state index is 0. The Hall–Kier alpha value is -1.24. The molecule has 0 aliphatic carbocycles. The summed E-state index contributed by atoms with van der Waals surface area (Å²) in [6.07, 6.45) is 3.26. The number of nitrogens with zero attached hydrogens (tertiary/aromatic N) is 2. The van der Waals surface area contributed by atoms with Crippen molar-refractivity contribution >= 4 is 36.0 Å². The molecule has 144 valence electrons. The third-order valence-corrected chi connectivity index (χ3v) is 6.05. The molecule has 2 amide bonds. The van der Waals surface area contributed by atoms with E-state index in [1.807, 2.05) is 41.1 Å². The van der Waals surface area contributed by atoms with E-state index in [1.54, 1.807) is 0 Å². The number of rotatable bonds is 6. The highest BCUT2D eigenvalue weighted by atomic mass is 35.5. The summed E-state index contributed by atoms with van der Waals surface area (Å²) in [5.41, 5.74) is 0.729. The number of thioether (sulfide) groups is 1. The normalized spacial score (nSPS) is 19.5. The van der Waals surface area contributed by atoms with Crippen LogP contribution in [0.25, 0.3) is 0 Å². The van der Waals surface area contributed by atoms with Gasteiger partial charge in [0.2, 0.25) is 5.91 Å². The Kier molecular flexibility index (Phi) is 8.25. The van der Waals surface area contributed by atoms with Crippen molar-refractivity contribution in [2.75, 3.05) is 45.5 Å². The van der Waals surface area contributed by atoms with Crippen LogP contribution in [0.1, 0.15) is 29.6 Å². The second-order valence-electron chi connectivity index (χ2n) is 6.84. The molecule has 2 aliphatic rings. The van der Waals surface area contributed by atoms with Gasteiger partial charge in [0.15, 0.2) is 0 Å². The number of carbonyl (C=O) groups is 2. The van der Waals surface area contributed by atoms with Crippen LogP contribution in [0.4, 0.5) is 0 Å². The SMILES string of the molecule is CNCC1CCN(C(=O)c2ccccc2SCC(=O)N2CCCC2)C1.Cl. The van der Waals surface area contributed by atoms with Crippen LogP contribution in [0.2, 0.25) is 0 Å². The highest BCUT2D eigenvalue weighted by molar-refractivity contribution is 8.00. The molecular weight excluding hydrogens is 370 g/mol. The average Bonchev–Trinajstić information content (AvgIpc) is 3.31. The Bertz CT molecular complexity index is 623. The van der Waals surface area contributed by atoms with Crippen molar-refractivity contribution in [2.45, 2.75) is 24.2 Å². The van der Waals surface area contributed by atoms with Gasteiger partial charge >= 0.3 is 0 Å². The zero-order valence-electron chi connectivity index (χ0n) is 15.3. The van der Waals surface area contributed by atoms with Crippen molar-refractivity contribution < 1.29 is 9.59 Å². The quantitative estimate of drug-likeness (QED) is 0.749. The maximum Gasteiger partial charge on any atom is 0.254 e. The summed E-state index contributed by atoms with van der Waals surface area (Å²) in [6.45, 7) is 4.33. The standard InChI is InChI=1S/C19H27N3O2S.ClH/c1-20-12-15-8-11-22(13-15)19(24)16-6-2-3-7-17(16)25-14-18(23)21-9-4-5-10-21;/h2-3,6-7,15,20H,4-5,8-14H2,1H3;1H. The first-order valence-electron chi connectivity index (χ1n) is 9.12. The van der Waals surface area contributed by atoms with Gasteiger partial charge in [-0.3, -0.25) is 9.59 Å². The molecule has 1 unspecified atom stereocenters. The monoisotopic (exact) mass is 397 g/mol. The van der Waals surface area contributed by atoms with Gasteiger partial charge in [0, 0.05) is 31.1 Å². The molecule has 2 heterocycles. The molecule has 0 spiro atoms. The Morgan fingerprint density at radius 3 is 2.62 bits per heavy atom. The van der Waals surface area contributed by atoms with Crippen LogP contribution in [0.5, 0.6) is 0 Å². The lowest BCUT2D eigenvalue weighted by molar-refractivity contribution is -0.127. The number of hydrogen-bond donors (Lipinski definition) is 1. The van der Waals surface area contributed by atoms with Gasteiger partial charge in [-0.15, -0.1) is 24.2 Å². The Morgan fingerprint density at radius 1 is 1.15 bits per heavy atom. The number of halogens is 1. The summed E-state index contributed by atoms with van der Waals surface area (Å²) in [4.78, 5) is 30.0. The van der Waals surface area contributed by atoms with Gasteiger partial charge < -0.3 is 15.1 Å². The van der Waals surface area contributed by atoms with E-state index >= 15 is 0 Å². The molecule has 1 N–H and O–H groups in total.